The third kappa shape index (κ3) is 6.77. The summed E-state index contributed by atoms with van der Waals surface area (Å²) in [6.45, 7) is 5.88. The van der Waals surface area contributed by atoms with Gasteiger partial charge in [-0.3, -0.25) is 19.2 Å². The van der Waals surface area contributed by atoms with Gasteiger partial charge in [-0.2, -0.15) is 0 Å². The highest BCUT2D eigenvalue weighted by Gasteiger charge is 2.39. The summed E-state index contributed by atoms with van der Waals surface area (Å²) in [6, 6.07) is 13.9. The molecule has 0 aliphatic carbocycles. The molecule has 2 aromatic carbocycles. The van der Waals surface area contributed by atoms with Gasteiger partial charge in [-0.1, -0.05) is 56.3 Å². The maximum atomic E-state index is 13.8. The van der Waals surface area contributed by atoms with Gasteiger partial charge in [-0.15, -0.1) is 0 Å². The number of aromatic nitrogens is 1. The molecule has 1 saturated heterocycles. The van der Waals surface area contributed by atoms with Gasteiger partial charge in [0, 0.05) is 17.5 Å². The second kappa shape index (κ2) is 12.7. The number of hydrogen-bond acceptors (Lipinski definition) is 6. The summed E-state index contributed by atoms with van der Waals surface area (Å²) in [5.41, 5.74) is 3.51. The normalized spacial score (nSPS) is 16.3. The Morgan fingerprint density at radius 1 is 1.07 bits per heavy atom. The van der Waals surface area contributed by atoms with Gasteiger partial charge in [-0.05, 0) is 43.4 Å². The van der Waals surface area contributed by atoms with E-state index < -0.39 is 48.2 Å². The van der Waals surface area contributed by atoms with Crippen LogP contribution in [0.1, 0.15) is 49.0 Å². The van der Waals surface area contributed by atoms with Gasteiger partial charge in [0.2, 0.25) is 11.8 Å². The summed E-state index contributed by atoms with van der Waals surface area (Å²) in [5, 5.41) is 15.0. The number of nitrogens with one attached hydrogen (secondary N) is 2. The van der Waals surface area contributed by atoms with Crippen LogP contribution in [-0.2, 0) is 19.2 Å². The van der Waals surface area contributed by atoms with E-state index in [4.69, 9.17) is 10.1 Å². The summed E-state index contributed by atoms with van der Waals surface area (Å²) in [4.78, 5) is 68.9. The number of aliphatic carboxylic acids is 1. The van der Waals surface area contributed by atoms with E-state index >= 15 is 0 Å². The summed E-state index contributed by atoms with van der Waals surface area (Å²) in [6.07, 6.45) is 0.741. The Balaban J connectivity index is 1.60. The Morgan fingerprint density at radius 2 is 1.80 bits per heavy atom. The first kappa shape index (κ1) is 29.4. The van der Waals surface area contributed by atoms with Crippen LogP contribution in [0.5, 0.6) is 0 Å². The molecule has 10 nitrogen and oxygen atoms in total. The van der Waals surface area contributed by atoms with Gasteiger partial charge in [0.25, 0.3) is 5.91 Å². The number of fused-ring (bicyclic) bond motifs is 1. The predicted octanol–water partition coefficient (Wildman–Crippen LogP) is 3.11. The van der Waals surface area contributed by atoms with E-state index in [0.29, 0.717) is 47.8 Å². The zero-order valence-electron chi connectivity index (χ0n) is 23.3. The molecule has 41 heavy (non-hydrogen) atoms. The Bertz CT molecular complexity index is 1470. The zero-order chi connectivity index (χ0) is 29.7. The van der Waals surface area contributed by atoms with Crippen molar-refractivity contribution in [3.05, 3.63) is 65.7 Å². The molecule has 1 aromatic heterocycles. The van der Waals surface area contributed by atoms with Crippen molar-refractivity contribution in [3.8, 4) is 11.3 Å². The van der Waals surface area contributed by atoms with Crippen LogP contribution < -0.4 is 10.6 Å². The SMILES string of the molecule is Cc1ccc2c(C(=O)N[C@H](C(=O)N3CCC[C@H]3C(=O)N[C@H](C=O)CC(=O)O)C(C)C)cc(-c3ccccc3)nc2c1. The van der Waals surface area contributed by atoms with Gasteiger partial charge in [-0.25, -0.2) is 4.98 Å². The van der Waals surface area contributed by atoms with Gasteiger partial charge < -0.3 is 25.4 Å². The molecule has 1 aliphatic rings. The van der Waals surface area contributed by atoms with Gasteiger partial charge in [0.05, 0.1) is 29.2 Å². The monoisotopic (exact) mass is 558 g/mol. The van der Waals surface area contributed by atoms with Crippen LogP contribution >= 0.6 is 0 Å². The number of rotatable bonds is 10. The molecule has 1 fully saturated rings. The average Bonchev–Trinajstić information content (AvgIpc) is 3.44. The molecule has 0 saturated carbocycles. The number of benzene rings is 2. The third-order valence-corrected chi connectivity index (χ3v) is 7.22. The maximum Gasteiger partial charge on any atom is 0.305 e. The minimum absolute atomic E-state index is 0.297. The number of hydrogen-bond donors (Lipinski definition) is 3. The topological polar surface area (TPSA) is 146 Å². The molecule has 3 atom stereocenters. The van der Waals surface area contributed by atoms with Crippen LogP contribution in [-0.4, -0.2) is 69.6 Å². The smallest absolute Gasteiger partial charge is 0.305 e. The molecule has 1 aliphatic heterocycles. The standard InChI is InChI=1S/C31H34N4O6/c1-18(2)28(31(41)35-13-7-10-26(35)30(40)32-21(17-36)15-27(37)38)34-29(39)23-16-24(20-8-5-4-6-9-20)33-25-14-19(3)11-12-22(23)25/h4-6,8-9,11-12,14,16-18,21,26,28H,7,10,13,15H2,1-3H3,(H,32,40)(H,34,39)(H,37,38)/t21-,26-,28-/m0/s1. The number of carbonyl (C=O) groups excluding carboxylic acids is 4. The van der Waals surface area contributed by atoms with Crippen LogP contribution in [0.3, 0.4) is 0 Å². The summed E-state index contributed by atoms with van der Waals surface area (Å²) in [5.74, 6) is -2.96. The largest absolute Gasteiger partial charge is 0.481 e. The van der Waals surface area contributed by atoms with Crippen LogP contribution in [0.25, 0.3) is 22.2 Å². The number of carboxylic acids is 1. The van der Waals surface area contributed by atoms with E-state index in [2.05, 4.69) is 10.6 Å². The van der Waals surface area contributed by atoms with Crippen LogP contribution in [0.2, 0.25) is 0 Å². The zero-order valence-corrected chi connectivity index (χ0v) is 23.3. The van der Waals surface area contributed by atoms with Gasteiger partial charge >= 0.3 is 5.97 Å². The number of likely N-dealkylation sites (tertiary alicyclic amines) is 1. The molecular weight excluding hydrogens is 524 g/mol. The van der Waals surface area contributed by atoms with Crippen molar-refractivity contribution < 1.29 is 29.1 Å². The number of nitrogens with zero attached hydrogens (tertiary/aromatic N) is 2. The Labute approximate surface area is 238 Å². The third-order valence-electron chi connectivity index (χ3n) is 7.22. The number of amides is 3. The molecule has 10 heteroatoms. The number of carbonyl (C=O) groups is 5. The minimum Gasteiger partial charge on any atom is -0.481 e. The number of aldehydes is 1. The van der Waals surface area contributed by atoms with E-state index in [-0.39, 0.29) is 5.92 Å². The van der Waals surface area contributed by atoms with Gasteiger partial charge in [0.15, 0.2) is 0 Å². The van der Waals surface area contributed by atoms with Crippen LogP contribution in [0.15, 0.2) is 54.6 Å². The molecular formula is C31H34N4O6. The van der Waals surface area contributed by atoms with Crippen molar-refractivity contribution in [1.29, 1.82) is 0 Å². The van der Waals surface area contributed by atoms with Crippen molar-refractivity contribution in [2.75, 3.05) is 6.54 Å². The summed E-state index contributed by atoms with van der Waals surface area (Å²) < 4.78 is 0. The van der Waals surface area contributed by atoms with Crippen LogP contribution in [0, 0.1) is 12.8 Å². The summed E-state index contributed by atoms with van der Waals surface area (Å²) >= 11 is 0. The quantitative estimate of drug-likeness (QED) is 0.324. The van der Waals surface area contributed by atoms with Crippen molar-refractivity contribution in [2.24, 2.45) is 5.92 Å². The Hall–Kier alpha value is -4.60. The molecule has 3 aromatic rings. The molecule has 0 spiro atoms. The first-order valence-corrected chi connectivity index (χ1v) is 13.6. The van der Waals surface area contributed by atoms with Gasteiger partial charge in [0.1, 0.15) is 18.4 Å². The van der Waals surface area contributed by atoms with E-state index in [0.717, 1.165) is 11.1 Å². The van der Waals surface area contributed by atoms with Crippen molar-refractivity contribution >= 4 is 40.9 Å². The Kier molecular flexibility index (Phi) is 9.11. The fourth-order valence-electron chi connectivity index (χ4n) is 5.10. The first-order valence-electron chi connectivity index (χ1n) is 13.6. The number of carboxylic acid groups (broad SMARTS) is 1. The maximum absolute atomic E-state index is 13.8. The molecule has 0 bridgehead atoms. The average molecular weight is 559 g/mol. The number of pyridine rings is 1. The fraction of sp³-hybridized carbons (Fsp3) is 0.355. The highest BCUT2D eigenvalue weighted by atomic mass is 16.4. The lowest BCUT2D eigenvalue weighted by molar-refractivity contribution is -0.142. The highest BCUT2D eigenvalue weighted by Crippen LogP contribution is 2.27. The minimum atomic E-state index is -1.22. The first-order chi connectivity index (χ1) is 19.6. The van der Waals surface area contributed by atoms with Crippen LogP contribution in [0.4, 0.5) is 0 Å². The molecule has 0 unspecified atom stereocenters. The lowest BCUT2D eigenvalue weighted by Gasteiger charge is -2.31. The lowest BCUT2D eigenvalue weighted by Crippen LogP contribution is -2.56. The molecule has 214 valence electrons. The van der Waals surface area contributed by atoms with Crippen molar-refractivity contribution in [2.45, 2.75) is 58.2 Å². The van der Waals surface area contributed by atoms with E-state index in [1.807, 2.05) is 69.3 Å². The predicted molar refractivity (Wildman–Crippen MR) is 153 cm³/mol. The lowest BCUT2D eigenvalue weighted by atomic mass is 9.99. The molecule has 4 rings (SSSR count). The fourth-order valence-corrected chi connectivity index (χ4v) is 5.10. The molecule has 2 heterocycles. The van der Waals surface area contributed by atoms with E-state index in [1.165, 1.54) is 4.90 Å². The Morgan fingerprint density at radius 3 is 2.46 bits per heavy atom. The molecule has 3 amide bonds. The molecule has 0 radical (unpaired) electrons. The highest BCUT2D eigenvalue weighted by molar-refractivity contribution is 6.08. The molecule has 3 N–H and O–H groups in total. The van der Waals surface area contributed by atoms with Crippen molar-refractivity contribution in [1.82, 2.24) is 20.5 Å². The second-order valence-electron chi connectivity index (χ2n) is 10.7. The van der Waals surface area contributed by atoms with E-state index in [9.17, 15) is 24.0 Å². The van der Waals surface area contributed by atoms with Crippen molar-refractivity contribution in [3.63, 3.8) is 0 Å². The van der Waals surface area contributed by atoms with E-state index in [1.54, 1.807) is 6.07 Å². The second-order valence-corrected chi connectivity index (χ2v) is 10.7. The summed E-state index contributed by atoms with van der Waals surface area (Å²) in [7, 11) is 0. The number of aryl methyl sites for hydroxylation is 1.